The maximum atomic E-state index is 6.15. The zero-order valence-electron chi connectivity index (χ0n) is 11.6. The molecule has 2 nitrogen and oxygen atoms in total. The van der Waals surface area contributed by atoms with Gasteiger partial charge in [-0.05, 0) is 43.2 Å². The van der Waals surface area contributed by atoms with Gasteiger partial charge in [0.15, 0.2) is 0 Å². The molecule has 1 fully saturated rings. The monoisotopic (exact) mass is 293 g/mol. The average Bonchev–Trinajstić information content (AvgIpc) is 2.92. The lowest BCUT2D eigenvalue weighted by atomic mass is 10.0. The quantitative estimate of drug-likeness (QED) is 0.717. The molecule has 0 amide bonds. The predicted octanol–water partition coefficient (Wildman–Crippen LogP) is 5.07. The SMILES string of the molecule is CC[C@H]1O[C@@H](n2ccc3cc(C)sc3c2=S)C[C@H]1C. The van der Waals surface area contributed by atoms with E-state index in [9.17, 15) is 0 Å². The van der Waals surface area contributed by atoms with Crippen LogP contribution in [0.25, 0.3) is 10.1 Å². The molecular weight excluding hydrogens is 274 g/mol. The second kappa shape index (κ2) is 5.00. The molecule has 2 aromatic rings. The van der Waals surface area contributed by atoms with E-state index in [-0.39, 0.29) is 6.23 Å². The van der Waals surface area contributed by atoms with Crippen molar-refractivity contribution in [2.24, 2.45) is 5.92 Å². The second-order valence-corrected chi connectivity index (χ2v) is 7.06. The van der Waals surface area contributed by atoms with Gasteiger partial charge in [0, 0.05) is 11.1 Å². The number of hydrogen-bond donors (Lipinski definition) is 0. The van der Waals surface area contributed by atoms with Crippen LogP contribution in [0.2, 0.25) is 0 Å². The summed E-state index contributed by atoms with van der Waals surface area (Å²) in [6.07, 6.45) is 4.70. The van der Waals surface area contributed by atoms with E-state index in [2.05, 4.69) is 43.7 Å². The molecular formula is C15H19NOS2. The summed E-state index contributed by atoms with van der Waals surface area (Å²) in [6.45, 7) is 6.59. The summed E-state index contributed by atoms with van der Waals surface area (Å²) >= 11 is 7.43. The normalized spacial score (nSPS) is 27.2. The maximum Gasteiger partial charge on any atom is 0.135 e. The zero-order chi connectivity index (χ0) is 13.6. The molecule has 102 valence electrons. The number of ether oxygens (including phenoxy) is 1. The first-order chi connectivity index (χ1) is 9.10. The summed E-state index contributed by atoms with van der Waals surface area (Å²) in [5, 5.41) is 1.25. The fourth-order valence-corrected chi connectivity index (χ4v) is 4.30. The molecule has 0 aromatic carbocycles. The van der Waals surface area contributed by atoms with E-state index < -0.39 is 0 Å². The highest BCUT2D eigenvalue weighted by molar-refractivity contribution is 7.71. The number of aromatic nitrogens is 1. The van der Waals surface area contributed by atoms with Gasteiger partial charge in [-0.25, -0.2) is 0 Å². The summed E-state index contributed by atoms with van der Waals surface area (Å²) in [5.74, 6) is 0.609. The van der Waals surface area contributed by atoms with Crippen LogP contribution in [0.1, 0.15) is 37.8 Å². The van der Waals surface area contributed by atoms with Crippen molar-refractivity contribution in [3.05, 3.63) is 27.8 Å². The lowest BCUT2D eigenvalue weighted by Gasteiger charge is -2.16. The van der Waals surface area contributed by atoms with E-state index in [4.69, 9.17) is 17.0 Å². The lowest BCUT2D eigenvalue weighted by Crippen LogP contribution is -2.13. The van der Waals surface area contributed by atoms with Gasteiger partial charge in [-0.3, -0.25) is 0 Å². The van der Waals surface area contributed by atoms with E-state index in [1.807, 2.05) is 0 Å². The zero-order valence-corrected chi connectivity index (χ0v) is 13.2. The van der Waals surface area contributed by atoms with Crippen LogP contribution >= 0.6 is 23.6 Å². The smallest absolute Gasteiger partial charge is 0.135 e. The Morgan fingerprint density at radius 2 is 2.32 bits per heavy atom. The highest BCUT2D eigenvalue weighted by atomic mass is 32.1. The van der Waals surface area contributed by atoms with E-state index in [1.54, 1.807) is 11.3 Å². The van der Waals surface area contributed by atoms with Crippen molar-refractivity contribution in [3.8, 4) is 0 Å². The summed E-state index contributed by atoms with van der Waals surface area (Å²) in [5.41, 5.74) is 0. The predicted molar refractivity (Wildman–Crippen MR) is 83.4 cm³/mol. The van der Waals surface area contributed by atoms with Crippen molar-refractivity contribution in [1.82, 2.24) is 4.57 Å². The Hall–Kier alpha value is -0.710. The fraction of sp³-hybridized carbons (Fsp3) is 0.533. The fourth-order valence-electron chi connectivity index (χ4n) is 2.94. The standard InChI is InChI=1S/C15H19NOS2/c1-4-12-9(2)7-13(17-12)16-6-5-11-8-10(3)19-14(11)15(16)18/h5-6,8-9,12-13H,4,7H2,1-3H3/t9-,12-,13-/m1/s1. The van der Waals surface area contributed by atoms with Crippen molar-refractivity contribution in [2.45, 2.75) is 45.9 Å². The van der Waals surface area contributed by atoms with Gasteiger partial charge in [0.1, 0.15) is 10.9 Å². The topological polar surface area (TPSA) is 14.2 Å². The van der Waals surface area contributed by atoms with Gasteiger partial charge < -0.3 is 9.30 Å². The molecule has 0 radical (unpaired) electrons. The van der Waals surface area contributed by atoms with Crippen LogP contribution in [0.3, 0.4) is 0 Å². The Labute approximate surface area is 123 Å². The van der Waals surface area contributed by atoms with Crippen LogP contribution in [-0.2, 0) is 4.74 Å². The Morgan fingerprint density at radius 1 is 1.53 bits per heavy atom. The Morgan fingerprint density at radius 3 is 3.00 bits per heavy atom. The van der Waals surface area contributed by atoms with E-state index in [0.717, 1.165) is 17.5 Å². The molecule has 3 heterocycles. The van der Waals surface area contributed by atoms with Crippen molar-refractivity contribution < 1.29 is 4.74 Å². The summed E-state index contributed by atoms with van der Waals surface area (Å²) in [4.78, 5) is 1.31. The maximum absolute atomic E-state index is 6.15. The van der Waals surface area contributed by atoms with Gasteiger partial charge >= 0.3 is 0 Å². The largest absolute Gasteiger partial charge is 0.355 e. The highest BCUT2D eigenvalue weighted by Crippen LogP contribution is 2.36. The molecule has 0 spiro atoms. The highest BCUT2D eigenvalue weighted by Gasteiger charge is 2.32. The van der Waals surface area contributed by atoms with Crippen LogP contribution in [0.15, 0.2) is 18.3 Å². The number of rotatable bonds is 2. The van der Waals surface area contributed by atoms with Crippen LogP contribution in [0.5, 0.6) is 0 Å². The molecule has 3 rings (SSSR count). The number of hydrogen-bond acceptors (Lipinski definition) is 3. The Balaban J connectivity index is 2.02. The number of aryl methyl sites for hydroxylation is 1. The first-order valence-corrected chi connectivity index (χ1v) is 8.09. The first-order valence-electron chi connectivity index (χ1n) is 6.87. The van der Waals surface area contributed by atoms with Crippen LogP contribution < -0.4 is 0 Å². The Kier molecular flexibility index (Phi) is 3.50. The van der Waals surface area contributed by atoms with Gasteiger partial charge in [0.25, 0.3) is 0 Å². The lowest BCUT2D eigenvalue weighted by molar-refractivity contribution is -0.00563. The molecule has 0 unspecified atom stereocenters. The van der Waals surface area contributed by atoms with Gasteiger partial charge in [-0.1, -0.05) is 26.1 Å². The molecule has 0 aliphatic carbocycles. The molecule has 0 saturated carbocycles. The first kappa shape index (κ1) is 13.3. The summed E-state index contributed by atoms with van der Waals surface area (Å²) in [6, 6.07) is 4.36. The number of pyridine rings is 1. The van der Waals surface area contributed by atoms with Crippen molar-refractivity contribution in [1.29, 1.82) is 0 Å². The molecule has 2 aromatic heterocycles. The van der Waals surface area contributed by atoms with Gasteiger partial charge in [0.05, 0.1) is 10.8 Å². The summed E-state index contributed by atoms with van der Waals surface area (Å²) < 4.78 is 10.4. The minimum absolute atomic E-state index is 0.110. The number of nitrogens with zero attached hydrogens (tertiary/aromatic N) is 1. The van der Waals surface area contributed by atoms with Crippen molar-refractivity contribution in [3.63, 3.8) is 0 Å². The average molecular weight is 293 g/mol. The van der Waals surface area contributed by atoms with E-state index in [0.29, 0.717) is 12.0 Å². The molecule has 1 aliphatic rings. The minimum Gasteiger partial charge on any atom is -0.355 e. The molecule has 19 heavy (non-hydrogen) atoms. The molecule has 1 aliphatic heterocycles. The Bertz CT molecular complexity index is 658. The van der Waals surface area contributed by atoms with E-state index >= 15 is 0 Å². The molecule has 0 N–H and O–H groups in total. The molecule has 4 heteroatoms. The van der Waals surface area contributed by atoms with Crippen molar-refractivity contribution in [2.75, 3.05) is 0 Å². The third kappa shape index (κ3) is 2.26. The van der Waals surface area contributed by atoms with Crippen LogP contribution in [0, 0.1) is 17.5 Å². The van der Waals surface area contributed by atoms with Crippen LogP contribution in [0.4, 0.5) is 0 Å². The van der Waals surface area contributed by atoms with Crippen LogP contribution in [-0.4, -0.2) is 10.7 Å². The molecule has 1 saturated heterocycles. The summed E-state index contributed by atoms with van der Waals surface area (Å²) in [7, 11) is 0. The van der Waals surface area contributed by atoms with E-state index in [1.165, 1.54) is 15.0 Å². The molecule has 3 atom stereocenters. The third-order valence-corrected chi connectivity index (χ3v) is 5.60. The number of thiophene rings is 1. The second-order valence-electron chi connectivity index (χ2n) is 5.42. The van der Waals surface area contributed by atoms with Gasteiger partial charge in [-0.15, -0.1) is 11.3 Å². The number of fused-ring (bicyclic) bond motifs is 1. The third-order valence-electron chi connectivity index (χ3n) is 3.98. The molecule has 0 bridgehead atoms. The van der Waals surface area contributed by atoms with Gasteiger partial charge in [0.2, 0.25) is 0 Å². The minimum atomic E-state index is 0.110. The van der Waals surface area contributed by atoms with Gasteiger partial charge in [-0.2, -0.15) is 0 Å². The van der Waals surface area contributed by atoms with Crippen molar-refractivity contribution >= 4 is 33.6 Å².